The first-order valence-corrected chi connectivity index (χ1v) is 12.4. The van der Waals surface area contributed by atoms with Crippen LogP contribution in [0.1, 0.15) is 30.0 Å². The number of carbonyl (C=O) groups is 2. The molecule has 2 aliphatic heterocycles. The van der Waals surface area contributed by atoms with Gasteiger partial charge in [0.1, 0.15) is 22.6 Å². The molecule has 2 heterocycles. The number of hydrazone groups is 1. The van der Waals surface area contributed by atoms with Crippen LogP contribution in [0.3, 0.4) is 0 Å². The largest absolute Gasteiger partial charge is 0.495 e. The number of benzene rings is 3. The Kier molecular flexibility index (Phi) is 7.00. The minimum Gasteiger partial charge on any atom is -0.495 e. The molecule has 0 aromatic heterocycles. The first-order valence-electron chi connectivity index (χ1n) is 11.5. The Morgan fingerprint density at radius 1 is 1.05 bits per heavy atom. The van der Waals surface area contributed by atoms with Crippen LogP contribution in [0.2, 0.25) is 0 Å². The molecule has 5 rings (SSSR count). The van der Waals surface area contributed by atoms with Crippen LogP contribution in [0.15, 0.2) is 82.9 Å². The van der Waals surface area contributed by atoms with Crippen LogP contribution in [0.5, 0.6) is 5.75 Å². The van der Waals surface area contributed by atoms with Crippen molar-refractivity contribution in [2.75, 3.05) is 12.4 Å². The highest BCUT2D eigenvalue weighted by Gasteiger charge is 2.39. The van der Waals surface area contributed by atoms with Crippen LogP contribution >= 0.6 is 11.8 Å². The summed E-state index contributed by atoms with van der Waals surface area (Å²) >= 11 is 1.16. The first-order chi connectivity index (χ1) is 17.9. The van der Waals surface area contributed by atoms with E-state index in [1.165, 1.54) is 31.4 Å². The molecule has 2 amide bonds. The van der Waals surface area contributed by atoms with E-state index in [-0.39, 0.29) is 30.0 Å². The zero-order valence-electron chi connectivity index (χ0n) is 19.7. The van der Waals surface area contributed by atoms with E-state index >= 15 is 0 Å². The van der Waals surface area contributed by atoms with Crippen LogP contribution in [0, 0.1) is 11.6 Å². The van der Waals surface area contributed by atoms with Gasteiger partial charge in [0, 0.05) is 12.8 Å². The predicted molar refractivity (Wildman–Crippen MR) is 139 cm³/mol. The molecule has 10 heteroatoms. The van der Waals surface area contributed by atoms with E-state index in [4.69, 9.17) is 9.84 Å². The molecule has 0 saturated heterocycles. The van der Waals surface area contributed by atoms with Crippen LogP contribution < -0.4 is 10.1 Å². The van der Waals surface area contributed by atoms with Crippen molar-refractivity contribution in [1.29, 1.82) is 0 Å². The lowest BCUT2D eigenvalue weighted by atomic mass is 9.98. The van der Waals surface area contributed by atoms with E-state index in [1.807, 2.05) is 0 Å². The van der Waals surface area contributed by atoms with Gasteiger partial charge in [-0.1, -0.05) is 48.2 Å². The lowest BCUT2D eigenvalue weighted by Gasteiger charge is -2.23. The Hall–Kier alpha value is -4.05. The second-order valence-electron chi connectivity index (χ2n) is 8.46. The number of amides is 2. The third-order valence-corrected chi connectivity index (χ3v) is 7.16. The molecule has 0 unspecified atom stereocenters. The molecule has 7 nitrogen and oxygen atoms in total. The number of anilines is 1. The number of rotatable bonds is 6. The van der Waals surface area contributed by atoms with Crippen LogP contribution in [-0.2, 0) is 9.59 Å². The maximum atomic E-state index is 13.6. The summed E-state index contributed by atoms with van der Waals surface area (Å²) in [6.07, 6.45) is 0.363. The molecule has 1 N–H and O–H groups in total. The molecule has 3 aromatic rings. The normalized spacial score (nSPS) is 19.0. The van der Waals surface area contributed by atoms with Gasteiger partial charge in [-0.3, -0.25) is 9.59 Å². The molecule has 0 aliphatic carbocycles. The van der Waals surface area contributed by atoms with Gasteiger partial charge in [0.2, 0.25) is 5.91 Å². The predicted octanol–water partition coefficient (Wildman–Crippen LogP) is 5.15. The van der Waals surface area contributed by atoms with Crippen molar-refractivity contribution in [2.45, 2.75) is 24.1 Å². The molecule has 0 bridgehead atoms. The zero-order valence-corrected chi connectivity index (χ0v) is 20.5. The van der Waals surface area contributed by atoms with E-state index in [0.29, 0.717) is 28.7 Å². The molecule has 3 aromatic carbocycles. The highest BCUT2D eigenvalue weighted by Crippen LogP contribution is 2.38. The molecular weight excluding hydrogens is 498 g/mol. The summed E-state index contributed by atoms with van der Waals surface area (Å²) in [4.78, 5) is 29.7. The van der Waals surface area contributed by atoms with E-state index in [9.17, 15) is 18.4 Å². The van der Waals surface area contributed by atoms with Crippen LogP contribution in [-0.4, -0.2) is 40.1 Å². The quantitative estimate of drug-likeness (QED) is 0.486. The average molecular weight is 521 g/mol. The molecule has 188 valence electrons. The Morgan fingerprint density at radius 2 is 1.73 bits per heavy atom. The number of thioether (sulfide) groups is 1. The number of halogens is 2. The highest BCUT2D eigenvalue weighted by atomic mass is 32.2. The fraction of sp³-hybridized carbons (Fsp3) is 0.185. The van der Waals surface area contributed by atoms with Crippen LogP contribution in [0.4, 0.5) is 14.5 Å². The number of methoxy groups -OCH3 is 1. The zero-order chi connectivity index (χ0) is 25.9. The molecule has 2 atom stereocenters. The summed E-state index contributed by atoms with van der Waals surface area (Å²) in [6.45, 7) is 0. The van der Waals surface area contributed by atoms with Gasteiger partial charge >= 0.3 is 0 Å². The summed E-state index contributed by atoms with van der Waals surface area (Å²) in [5.74, 6) is -0.987. The number of hydrogen-bond acceptors (Lipinski definition) is 6. The number of nitrogens with one attached hydrogen (secondary N) is 1. The fourth-order valence-corrected chi connectivity index (χ4v) is 5.23. The SMILES string of the molecule is COc1ccccc1NC(=O)C[C@H]1SC(N2N=C(c3ccc(F)cc3)C[C@H]2c2ccc(F)cc2)=NC1=O. The number of amidine groups is 1. The van der Waals surface area contributed by atoms with Crippen LogP contribution in [0.25, 0.3) is 0 Å². The standard InChI is InChI=1S/C27H22F2N4O3S/c1-36-23-5-3-2-4-20(23)30-25(34)15-24-26(35)31-27(37-24)33-22(17-8-12-19(29)13-9-17)14-21(32-33)16-6-10-18(28)11-7-16/h2-13,22,24H,14-15H2,1H3,(H,30,34)/t22-,24+/m0/s1. The van der Waals surface area contributed by atoms with Gasteiger partial charge in [-0.2, -0.15) is 10.1 Å². The van der Waals surface area contributed by atoms with Gasteiger partial charge in [0.05, 0.1) is 24.6 Å². The van der Waals surface area contributed by atoms with Crippen molar-refractivity contribution >= 4 is 40.1 Å². The number of para-hydroxylation sites is 2. The molecule has 37 heavy (non-hydrogen) atoms. The molecular formula is C27H22F2N4O3S. The fourth-order valence-electron chi connectivity index (χ4n) is 4.17. The van der Waals surface area contributed by atoms with Gasteiger partial charge in [-0.25, -0.2) is 13.8 Å². The monoisotopic (exact) mass is 520 g/mol. The van der Waals surface area contributed by atoms with E-state index in [1.54, 1.807) is 53.5 Å². The summed E-state index contributed by atoms with van der Waals surface area (Å²) in [5.41, 5.74) is 2.72. The van der Waals surface area contributed by atoms with E-state index < -0.39 is 11.2 Å². The maximum Gasteiger partial charge on any atom is 0.262 e. The minimum atomic E-state index is -0.719. The summed E-state index contributed by atoms with van der Waals surface area (Å²) in [7, 11) is 1.51. The molecule has 0 saturated carbocycles. The van der Waals surface area contributed by atoms with Crippen molar-refractivity contribution in [3.63, 3.8) is 0 Å². The number of carbonyl (C=O) groups excluding carboxylic acids is 2. The minimum absolute atomic E-state index is 0.0852. The maximum absolute atomic E-state index is 13.6. The second-order valence-corrected chi connectivity index (χ2v) is 9.63. The summed E-state index contributed by atoms with van der Waals surface area (Å²) in [5, 5.41) is 8.75. The second kappa shape index (κ2) is 10.5. The van der Waals surface area contributed by atoms with Gasteiger partial charge in [0.25, 0.3) is 5.91 Å². The number of aliphatic imine (C=N–C) groups is 1. The molecule has 0 radical (unpaired) electrons. The number of hydrogen-bond donors (Lipinski definition) is 1. The van der Waals surface area contributed by atoms with Gasteiger partial charge in [0.15, 0.2) is 5.17 Å². The van der Waals surface area contributed by atoms with Crippen molar-refractivity contribution in [3.8, 4) is 5.75 Å². The Morgan fingerprint density at radius 3 is 2.43 bits per heavy atom. The van der Waals surface area contributed by atoms with Crippen molar-refractivity contribution in [1.82, 2.24) is 5.01 Å². The van der Waals surface area contributed by atoms with Crippen molar-refractivity contribution in [2.24, 2.45) is 10.1 Å². The Labute approximate surface area is 216 Å². The van der Waals surface area contributed by atoms with Gasteiger partial charge in [-0.15, -0.1) is 0 Å². The highest BCUT2D eigenvalue weighted by molar-refractivity contribution is 8.15. The number of ether oxygens (including phenoxy) is 1. The van der Waals surface area contributed by atoms with Crippen molar-refractivity contribution in [3.05, 3.63) is 95.6 Å². The summed E-state index contributed by atoms with van der Waals surface area (Å²) in [6, 6.07) is 18.7. The lowest BCUT2D eigenvalue weighted by molar-refractivity contribution is -0.121. The number of nitrogens with zero attached hydrogens (tertiary/aromatic N) is 3. The average Bonchev–Trinajstić information content (AvgIpc) is 3.49. The third-order valence-electron chi connectivity index (χ3n) is 6.02. The Bertz CT molecular complexity index is 1390. The molecule has 0 fully saturated rings. The van der Waals surface area contributed by atoms with E-state index in [2.05, 4.69) is 10.3 Å². The van der Waals surface area contributed by atoms with Gasteiger partial charge < -0.3 is 10.1 Å². The molecule has 0 spiro atoms. The Balaban J connectivity index is 1.35. The third kappa shape index (κ3) is 5.39. The lowest BCUT2D eigenvalue weighted by Crippen LogP contribution is -2.25. The topological polar surface area (TPSA) is 83.4 Å². The molecule has 2 aliphatic rings. The smallest absolute Gasteiger partial charge is 0.262 e. The van der Waals surface area contributed by atoms with Gasteiger partial charge in [-0.05, 0) is 47.5 Å². The first kappa shape index (κ1) is 24.6. The summed E-state index contributed by atoms with van der Waals surface area (Å²) < 4.78 is 32.3. The van der Waals surface area contributed by atoms with Crippen molar-refractivity contribution < 1.29 is 23.1 Å². The van der Waals surface area contributed by atoms with E-state index in [0.717, 1.165) is 22.9 Å².